The first-order valence-electron chi connectivity index (χ1n) is 12.3. The maximum atomic E-state index is 5.38. The van der Waals surface area contributed by atoms with Crippen LogP contribution in [0.2, 0.25) is 0 Å². The average Bonchev–Trinajstić information content (AvgIpc) is 2.87. The van der Waals surface area contributed by atoms with Crippen LogP contribution in [-0.2, 0) is 19.4 Å². The molecule has 1 aromatic heterocycles. The molecular formula is C26H39N5O2. The predicted molar refractivity (Wildman–Crippen MR) is 134 cm³/mol. The Balaban J connectivity index is 1.28. The molecule has 2 aliphatic carbocycles. The number of anilines is 2. The second-order valence-electron chi connectivity index (χ2n) is 9.39. The summed E-state index contributed by atoms with van der Waals surface area (Å²) in [5, 5.41) is 6.95. The summed E-state index contributed by atoms with van der Waals surface area (Å²) in [5.41, 5.74) is 3.75. The van der Waals surface area contributed by atoms with Crippen molar-refractivity contribution in [2.75, 3.05) is 45.1 Å². The number of benzene rings is 1. The number of ether oxygens (including phenoxy) is 2. The molecular weight excluding hydrogens is 414 g/mol. The summed E-state index contributed by atoms with van der Waals surface area (Å²) in [7, 11) is 7.52. The van der Waals surface area contributed by atoms with E-state index in [1.165, 1.54) is 55.3 Å². The van der Waals surface area contributed by atoms with E-state index in [1.54, 1.807) is 14.2 Å². The highest BCUT2D eigenvalue weighted by molar-refractivity contribution is 5.52. The number of hydrogen-bond donors (Lipinski definition) is 2. The molecule has 180 valence electrons. The molecule has 7 nitrogen and oxygen atoms in total. The first-order chi connectivity index (χ1) is 16.1. The number of rotatable bonds is 9. The molecule has 0 atom stereocenters. The SMILES string of the molecule is CNc1nc(N(C)C2CCC(CNCc3cc(OC)cc(OC)c3)CC2)nc2c1CCCC2. The summed E-state index contributed by atoms with van der Waals surface area (Å²) in [4.78, 5) is 12.2. The summed E-state index contributed by atoms with van der Waals surface area (Å²) < 4.78 is 10.8. The molecule has 0 radical (unpaired) electrons. The van der Waals surface area contributed by atoms with Crippen molar-refractivity contribution in [2.24, 2.45) is 5.92 Å². The van der Waals surface area contributed by atoms with Gasteiger partial charge in [-0.2, -0.15) is 4.98 Å². The number of aryl methyl sites for hydroxylation is 1. The molecule has 0 unspecified atom stereocenters. The Morgan fingerprint density at radius 1 is 0.970 bits per heavy atom. The van der Waals surface area contributed by atoms with Crippen molar-refractivity contribution in [3.05, 3.63) is 35.0 Å². The van der Waals surface area contributed by atoms with Crippen molar-refractivity contribution in [1.82, 2.24) is 15.3 Å². The average molecular weight is 454 g/mol. The van der Waals surface area contributed by atoms with Crippen molar-refractivity contribution >= 4 is 11.8 Å². The van der Waals surface area contributed by atoms with Gasteiger partial charge in [-0.1, -0.05) is 0 Å². The van der Waals surface area contributed by atoms with Gasteiger partial charge in [0.1, 0.15) is 17.3 Å². The quantitative estimate of drug-likeness (QED) is 0.590. The number of hydrogen-bond acceptors (Lipinski definition) is 7. The van der Waals surface area contributed by atoms with Crippen LogP contribution < -0.4 is 25.0 Å². The molecule has 0 bridgehead atoms. The van der Waals surface area contributed by atoms with Crippen LogP contribution in [-0.4, -0.2) is 50.9 Å². The molecule has 2 aliphatic rings. The lowest BCUT2D eigenvalue weighted by atomic mass is 9.85. The van der Waals surface area contributed by atoms with Gasteiger partial charge in [0.25, 0.3) is 0 Å². The van der Waals surface area contributed by atoms with E-state index in [2.05, 4.69) is 34.7 Å². The number of aromatic nitrogens is 2. The third-order valence-electron chi connectivity index (χ3n) is 7.26. The minimum absolute atomic E-state index is 0.509. The minimum atomic E-state index is 0.509. The van der Waals surface area contributed by atoms with E-state index >= 15 is 0 Å². The zero-order chi connectivity index (χ0) is 23.2. The van der Waals surface area contributed by atoms with Gasteiger partial charge in [-0.3, -0.25) is 0 Å². The Morgan fingerprint density at radius 2 is 1.67 bits per heavy atom. The van der Waals surface area contributed by atoms with Crippen molar-refractivity contribution in [1.29, 1.82) is 0 Å². The summed E-state index contributed by atoms with van der Waals surface area (Å²) in [6.45, 7) is 1.86. The second kappa shape index (κ2) is 11.1. The predicted octanol–water partition coefficient (Wildman–Crippen LogP) is 4.20. The molecule has 4 rings (SSSR count). The topological polar surface area (TPSA) is 71.5 Å². The van der Waals surface area contributed by atoms with E-state index in [9.17, 15) is 0 Å². The van der Waals surface area contributed by atoms with Crippen LogP contribution in [0.25, 0.3) is 0 Å². The maximum absolute atomic E-state index is 5.38. The van der Waals surface area contributed by atoms with Crippen LogP contribution in [0.15, 0.2) is 18.2 Å². The van der Waals surface area contributed by atoms with Gasteiger partial charge >= 0.3 is 0 Å². The molecule has 0 amide bonds. The minimum Gasteiger partial charge on any atom is -0.497 e. The standard InChI is InChI=1S/C26H39N5O2/c1-27-25-23-7-5-6-8-24(23)29-26(30-25)31(2)20-11-9-18(10-12-20)16-28-17-19-13-21(32-3)15-22(14-19)33-4/h13-15,18,20,28H,5-12,16-17H2,1-4H3,(H,27,29,30). The fourth-order valence-corrected chi connectivity index (χ4v) is 5.23. The van der Waals surface area contributed by atoms with Gasteiger partial charge < -0.3 is 25.0 Å². The van der Waals surface area contributed by atoms with Crippen LogP contribution in [0.3, 0.4) is 0 Å². The van der Waals surface area contributed by atoms with Gasteiger partial charge in [0, 0.05) is 38.3 Å². The van der Waals surface area contributed by atoms with Crippen LogP contribution in [0.5, 0.6) is 11.5 Å². The third-order valence-corrected chi connectivity index (χ3v) is 7.26. The summed E-state index contributed by atoms with van der Waals surface area (Å²) >= 11 is 0. The Kier molecular flexibility index (Phi) is 7.91. The zero-order valence-electron chi connectivity index (χ0n) is 20.6. The van der Waals surface area contributed by atoms with Crippen LogP contribution in [0, 0.1) is 5.92 Å². The first-order valence-corrected chi connectivity index (χ1v) is 12.3. The van der Waals surface area contributed by atoms with Crippen LogP contribution in [0.1, 0.15) is 55.3 Å². The van der Waals surface area contributed by atoms with E-state index in [0.29, 0.717) is 12.0 Å². The highest BCUT2D eigenvalue weighted by Gasteiger charge is 2.27. The highest BCUT2D eigenvalue weighted by atomic mass is 16.5. The summed E-state index contributed by atoms with van der Waals surface area (Å²) in [6, 6.07) is 6.56. The maximum Gasteiger partial charge on any atom is 0.227 e. The fourth-order valence-electron chi connectivity index (χ4n) is 5.23. The van der Waals surface area contributed by atoms with E-state index in [1.807, 2.05) is 13.1 Å². The zero-order valence-corrected chi connectivity index (χ0v) is 20.6. The van der Waals surface area contributed by atoms with E-state index < -0.39 is 0 Å². The molecule has 1 fully saturated rings. The van der Waals surface area contributed by atoms with Gasteiger partial charge in [0.05, 0.1) is 19.9 Å². The summed E-state index contributed by atoms with van der Waals surface area (Å²) in [6.07, 6.45) is 9.47. The van der Waals surface area contributed by atoms with Gasteiger partial charge in [-0.25, -0.2) is 4.98 Å². The number of fused-ring (bicyclic) bond motifs is 1. The van der Waals surface area contributed by atoms with Crippen LogP contribution in [0.4, 0.5) is 11.8 Å². The molecule has 0 saturated heterocycles. The number of methoxy groups -OCH3 is 2. The first kappa shape index (κ1) is 23.6. The monoisotopic (exact) mass is 453 g/mol. The lowest BCUT2D eigenvalue weighted by molar-refractivity contribution is 0.307. The highest BCUT2D eigenvalue weighted by Crippen LogP contribution is 2.31. The van der Waals surface area contributed by atoms with E-state index in [-0.39, 0.29) is 0 Å². The lowest BCUT2D eigenvalue weighted by Gasteiger charge is -2.35. The van der Waals surface area contributed by atoms with Crippen molar-refractivity contribution < 1.29 is 9.47 Å². The third kappa shape index (κ3) is 5.69. The normalized spacial score (nSPS) is 20.1. The smallest absolute Gasteiger partial charge is 0.227 e. The Bertz CT molecular complexity index is 888. The van der Waals surface area contributed by atoms with E-state index in [0.717, 1.165) is 49.2 Å². The molecule has 33 heavy (non-hydrogen) atoms. The molecule has 0 spiro atoms. The van der Waals surface area contributed by atoms with Gasteiger partial charge in [0.15, 0.2) is 0 Å². The van der Waals surface area contributed by atoms with Crippen molar-refractivity contribution in [2.45, 2.75) is 64.0 Å². The van der Waals surface area contributed by atoms with Crippen molar-refractivity contribution in [3.63, 3.8) is 0 Å². The largest absolute Gasteiger partial charge is 0.497 e. The molecule has 2 N–H and O–H groups in total. The van der Waals surface area contributed by atoms with Crippen LogP contribution >= 0.6 is 0 Å². The second-order valence-corrected chi connectivity index (χ2v) is 9.39. The lowest BCUT2D eigenvalue weighted by Crippen LogP contribution is -2.38. The van der Waals surface area contributed by atoms with Gasteiger partial charge in [-0.05, 0) is 81.5 Å². The molecule has 1 aromatic carbocycles. The van der Waals surface area contributed by atoms with Gasteiger partial charge in [-0.15, -0.1) is 0 Å². The number of nitrogens with one attached hydrogen (secondary N) is 2. The van der Waals surface area contributed by atoms with Crippen molar-refractivity contribution in [3.8, 4) is 11.5 Å². The molecule has 2 aromatic rings. The molecule has 7 heteroatoms. The Morgan fingerprint density at radius 3 is 2.33 bits per heavy atom. The number of nitrogens with zero attached hydrogens (tertiary/aromatic N) is 3. The Hall–Kier alpha value is -2.54. The van der Waals surface area contributed by atoms with E-state index in [4.69, 9.17) is 19.4 Å². The fraction of sp³-hybridized carbons (Fsp3) is 0.615. The molecule has 1 heterocycles. The summed E-state index contributed by atoms with van der Waals surface area (Å²) in [5.74, 6) is 4.28. The molecule has 1 saturated carbocycles. The Labute approximate surface area is 198 Å². The molecule has 0 aliphatic heterocycles. The van der Waals surface area contributed by atoms with Gasteiger partial charge in [0.2, 0.25) is 5.95 Å².